The lowest BCUT2D eigenvalue weighted by atomic mass is 10.1. The van der Waals surface area contributed by atoms with E-state index < -0.39 is 5.97 Å². The fourth-order valence-electron chi connectivity index (χ4n) is 2.27. The first-order chi connectivity index (χ1) is 11.3. The highest BCUT2D eigenvalue weighted by atomic mass is 79.9. The van der Waals surface area contributed by atoms with E-state index in [0.29, 0.717) is 34.6 Å². The van der Waals surface area contributed by atoms with Crippen molar-refractivity contribution in [3.05, 3.63) is 22.2 Å². The summed E-state index contributed by atoms with van der Waals surface area (Å²) < 4.78 is 10.3. The van der Waals surface area contributed by atoms with Crippen molar-refractivity contribution in [2.75, 3.05) is 44.9 Å². The number of benzene rings is 1. The molecule has 7 nitrogen and oxygen atoms in total. The van der Waals surface area contributed by atoms with Crippen molar-refractivity contribution in [3.8, 4) is 0 Å². The van der Waals surface area contributed by atoms with Crippen LogP contribution in [0.25, 0.3) is 0 Å². The van der Waals surface area contributed by atoms with E-state index >= 15 is 0 Å². The van der Waals surface area contributed by atoms with Gasteiger partial charge in [-0.05, 0) is 49.0 Å². The Kier molecular flexibility index (Phi) is 8.00. The molecule has 0 aliphatic heterocycles. The number of carbonyl (C=O) groups is 2. The van der Waals surface area contributed by atoms with Crippen molar-refractivity contribution in [3.63, 3.8) is 0 Å². The third kappa shape index (κ3) is 6.01. The first kappa shape index (κ1) is 20.2. The minimum atomic E-state index is -0.448. The highest BCUT2D eigenvalue weighted by Crippen LogP contribution is 2.31. The predicted molar refractivity (Wildman–Crippen MR) is 97.1 cm³/mol. The highest BCUT2D eigenvalue weighted by molar-refractivity contribution is 9.10. The zero-order chi connectivity index (χ0) is 18.3. The number of esters is 2. The number of hydrogen-bond acceptors (Lipinski definition) is 7. The van der Waals surface area contributed by atoms with Crippen molar-refractivity contribution in [2.45, 2.75) is 19.9 Å². The number of nitrogens with two attached hydrogens (primary N) is 1. The molecule has 0 heterocycles. The Morgan fingerprint density at radius 3 is 2.62 bits per heavy atom. The molecule has 0 bridgehead atoms. The monoisotopic (exact) mass is 401 g/mol. The van der Waals surface area contributed by atoms with Crippen molar-refractivity contribution in [1.82, 2.24) is 4.90 Å². The first-order valence-electron chi connectivity index (χ1n) is 7.56. The number of nitrogens with zero attached hydrogens (tertiary/aromatic N) is 1. The van der Waals surface area contributed by atoms with Crippen LogP contribution in [-0.4, -0.2) is 56.7 Å². The van der Waals surface area contributed by atoms with Crippen molar-refractivity contribution < 1.29 is 19.1 Å². The molecule has 0 saturated heterocycles. The van der Waals surface area contributed by atoms with Crippen LogP contribution in [0, 0.1) is 0 Å². The number of carbonyl (C=O) groups excluding carboxylic acids is 2. The maximum Gasteiger partial charge on any atom is 0.337 e. The van der Waals surface area contributed by atoms with Gasteiger partial charge in [-0.15, -0.1) is 0 Å². The number of methoxy groups -OCH3 is 1. The van der Waals surface area contributed by atoms with Crippen LogP contribution >= 0.6 is 15.9 Å². The van der Waals surface area contributed by atoms with Crippen LogP contribution in [0.2, 0.25) is 0 Å². The summed E-state index contributed by atoms with van der Waals surface area (Å²) in [5, 5.41) is 3.28. The van der Waals surface area contributed by atoms with E-state index in [0.717, 1.165) is 0 Å². The number of rotatable bonds is 8. The summed E-state index contributed by atoms with van der Waals surface area (Å²) in [6.45, 7) is 4.96. The second kappa shape index (κ2) is 9.48. The van der Waals surface area contributed by atoms with Crippen LogP contribution in [0.5, 0.6) is 0 Å². The molecule has 0 aliphatic carbocycles. The van der Waals surface area contributed by atoms with Gasteiger partial charge in [0.25, 0.3) is 0 Å². The highest BCUT2D eigenvalue weighted by Gasteiger charge is 2.16. The average Bonchev–Trinajstić information content (AvgIpc) is 2.49. The number of ether oxygens (including phenoxy) is 2. The van der Waals surface area contributed by atoms with Crippen molar-refractivity contribution in [1.29, 1.82) is 0 Å². The molecule has 0 amide bonds. The van der Waals surface area contributed by atoms with E-state index in [9.17, 15) is 9.59 Å². The topological polar surface area (TPSA) is 93.9 Å². The van der Waals surface area contributed by atoms with Crippen LogP contribution in [0.1, 0.15) is 24.2 Å². The lowest BCUT2D eigenvalue weighted by molar-refractivity contribution is -0.144. The zero-order valence-corrected chi connectivity index (χ0v) is 16.0. The molecule has 8 heteroatoms. The van der Waals surface area contributed by atoms with Crippen molar-refractivity contribution >= 4 is 39.2 Å². The number of likely N-dealkylation sites (N-methyl/N-ethyl adjacent to an activating group) is 1. The Labute approximate surface area is 150 Å². The number of nitrogen functional groups attached to an aromatic ring is 1. The second-order valence-corrected chi connectivity index (χ2v) is 6.32. The summed E-state index contributed by atoms with van der Waals surface area (Å²) in [4.78, 5) is 24.9. The van der Waals surface area contributed by atoms with E-state index in [1.807, 2.05) is 18.9 Å². The summed E-state index contributed by atoms with van der Waals surface area (Å²) in [6.07, 6.45) is 0. The number of anilines is 2. The zero-order valence-electron chi connectivity index (χ0n) is 14.4. The van der Waals surface area contributed by atoms with Crippen LogP contribution in [0.3, 0.4) is 0 Å². The van der Waals surface area contributed by atoms with E-state index in [2.05, 4.69) is 21.2 Å². The Morgan fingerprint density at radius 2 is 2.08 bits per heavy atom. The Bertz CT molecular complexity index is 572. The minimum Gasteiger partial charge on any atom is -0.465 e. The maximum atomic E-state index is 11.6. The molecule has 0 unspecified atom stereocenters. The van der Waals surface area contributed by atoms with Gasteiger partial charge < -0.3 is 20.5 Å². The Morgan fingerprint density at radius 1 is 1.42 bits per heavy atom. The standard InChI is InChI=1S/C16H24BrN3O4/c1-5-24-14(21)9-20(3)8-10(2)19-15-12(17)6-11(7-13(15)18)16(22)23-4/h6-7,10,19H,5,8-9,18H2,1-4H3/t10-/m1/s1. The minimum absolute atomic E-state index is 0.0204. The third-order valence-electron chi connectivity index (χ3n) is 3.22. The molecule has 0 radical (unpaired) electrons. The number of halogens is 1. The van der Waals surface area contributed by atoms with Gasteiger partial charge in [-0.1, -0.05) is 0 Å². The maximum absolute atomic E-state index is 11.6. The summed E-state index contributed by atoms with van der Waals surface area (Å²) in [7, 11) is 3.16. The number of hydrogen-bond donors (Lipinski definition) is 2. The molecular weight excluding hydrogens is 378 g/mol. The molecule has 1 aromatic rings. The summed E-state index contributed by atoms with van der Waals surface area (Å²) in [5.74, 6) is -0.702. The third-order valence-corrected chi connectivity index (χ3v) is 3.85. The smallest absolute Gasteiger partial charge is 0.337 e. The van der Waals surface area contributed by atoms with Gasteiger partial charge >= 0.3 is 11.9 Å². The van der Waals surface area contributed by atoms with Crippen LogP contribution in [0.4, 0.5) is 11.4 Å². The van der Waals surface area contributed by atoms with Gasteiger partial charge in [-0.3, -0.25) is 9.69 Å². The van der Waals surface area contributed by atoms with Gasteiger partial charge in [0.2, 0.25) is 0 Å². The summed E-state index contributed by atoms with van der Waals surface area (Å²) >= 11 is 3.41. The molecule has 1 rings (SSSR count). The molecule has 0 aromatic heterocycles. The average molecular weight is 402 g/mol. The summed E-state index contributed by atoms with van der Waals surface area (Å²) in [5.41, 5.74) is 7.53. The van der Waals surface area contributed by atoms with Gasteiger partial charge in [0, 0.05) is 17.1 Å². The van der Waals surface area contributed by atoms with Gasteiger partial charge in [-0.2, -0.15) is 0 Å². The Hall–Kier alpha value is -1.80. The molecule has 3 N–H and O–H groups in total. The molecule has 134 valence electrons. The van der Waals surface area contributed by atoms with E-state index in [-0.39, 0.29) is 18.6 Å². The SMILES string of the molecule is CCOC(=O)CN(C)C[C@@H](C)Nc1c(N)cc(C(=O)OC)cc1Br. The molecule has 0 saturated carbocycles. The normalized spacial score (nSPS) is 11.9. The molecular formula is C16H24BrN3O4. The lowest BCUT2D eigenvalue weighted by Gasteiger charge is -2.23. The van der Waals surface area contributed by atoms with Gasteiger partial charge in [0.1, 0.15) is 0 Å². The van der Waals surface area contributed by atoms with E-state index in [4.69, 9.17) is 15.2 Å². The van der Waals surface area contributed by atoms with E-state index in [1.54, 1.807) is 19.1 Å². The lowest BCUT2D eigenvalue weighted by Crippen LogP contribution is -2.36. The molecule has 24 heavy (non-hydrogen) atoms. The second-order valence-electron chi connectivity index (χ2n) is 5.46. The fourth-order valence-corrected chi connectivity index (χ4v) is 2.86. The van der Waals surface area contributed by atoms with Crippen LogP contribution in [0.15, 0.2) is 16.6 Å². The largest absolute Gasteiger partial charge is 0.465 e. The first-order valence-corrected chi connectivity index (χ1v) is 8.35. The van der Waals surface area contributed by atoms with Crippen molar-refractivity contribution in [2.24, 2.45) is 0 Å². The quantitative estimate of drug-likeness (QED) is 0.508. The van der Waals surface area contributed by atoms with Gasteiger partial charge in [0.05, 0.1) is 37.2 Å². The van der Waals surface area contributed by atoms with Crippen LogP contribution < -0.4 is 11.1 Å². The predicted octanol–water partition coefficient (Wildman–Crippen LogP) is 2.11. The van der Waals surface area contributed by atoms with Crippen LogP contribution in [-0.2, 0) is 14.3 Å². The molecule has 1 aromatic carbocycles. The molecule has 0 aliphatic rings. The van der Waals surface area contributed by atoms with Gasteiger partial charge in [0.15, 0.2) is 0 Å². The molecule has 0 fully saturated rings. The fraction of sp³-hybridized carbons (Fsp3) is 0.500. The summed E-state index contributed by atoms with van der Waals surface area (Å²) in [6, 6.07) is 3.24. The molecule has 0 spiro atoms. The van der Waals surface area contributed by atoms with E-state index in [1.165, 1.54) is 7.11 Å². The Balaban J connectivity index is 2.71. The molecule has 1 atom stereocenters. The van der Waals surface area contributed by atoms with Gasteiger partial charge in [-0.25, -0.2) is 4.79 Å². The number of nitrogens with one attached hydrogen (secondary N) is 1.